The first-order valence-electron chi connectivity index (χ1n) is 0. The average molecular weight is 318 g/mol. The van der Waals surface area contributed by atoms with E-state index >= 15 is 0 Å². The zero-order valence-corrected chi connectivity index (χ0v) is 7.79. The van der Waals surface area contributed by atoms with Gasteiger partial charge in [-0.2, -0.15) is 0 Å². The minimum atomic E-state index is 0. The first-order valence-corrected chi connectivity index (χ1v) is 0. The molecule has 32 valence electrons. The molecule has 0 atom stereocenters. The van der Waals surface area contributed by atoms with Crippen LogP contribution in [0.5, 0.6) is 0 Å². The molecule has 0 bridgehead atoms. The largest absolute Gasteiger partial charge is 8.00 e. The predicted octanol–water partition coefficient (Wildman–Crippen LogP) is -0.0121. The summed E-state index contributed by atoms with van der Waals surface area (Å²) in [5.41, 5.74) is 0. The third kappa shape index (κ3) is 23.7. The summed E-state index contributed by atoms with van der Waals surface area (Å²) >= 11 is 0. The van der Waals surface area contributed by atoms with E-state index in [1.165, 1.54) is 0 Å². The van der Waals surface area contributed by atoms with Gasteiger partial charge in [-0.1, -0.05) is 0 Å². The molecule has 0 N–H and O–H groups in total. The van der Waals surface area contributed by atoms with Gasteiger partial charge in [-0.3, -0.25) is 0 Å². The fraction of sp³-hybridized carbons (Fsp3) is 0. The van der Waals surface area contributed by atoms with Crippen molar-refractivity contribution >= 4 is 54.0 Å². The molecule has 0 aliphatic rings. The second-order valence-electron chi connectivity index (χ2n) is 0. The average Bonchev–Trinajstić information content (AvgIpc) is 0. The Bertz CT molecular complexity index is 3.61. The first kappa shape index (κ1) is 61.8. The van der Waals surface area contributed by atoms with Gasteiger partial charge >= 0.3 is 19.8 Å². The molecule has 0 aliphatic carbocycles. The van der Waals surface area contributed by atoms with Crippen LogP contribution in [0.1, 0.15) is 0 Å². The molecular weight excluding hydrogens is 318 g/mol. The summed E-state index contributed by atoms with van der Waals surface area (Å²) in [6.07, 6.45) is 0. The summed E-state index contributed by atoms with van der Waals surface area (Å²) in [6.45, 7) is 0. The molecule has 0 aromatic carbocycles. The van der Waals surface area contributed by atoms with Crippen LogP contribution in [0.15, 0.2) is 0 Å². The molecule has 0 spiro atoms. The van der Waals surface area contributed by atoms with Crippen LogP contribution in [0.25, 0.3) is 0 Å². The van der Waals surface area contributed by atoms with Crippen molar-refractivity contribution in [1.29, 1.82) is 0 Å². The van der Waals surface area contributed by atoms with Crippen LogP contribution >= 0.6 is 0 Å². The number of hydrogen-bond donors (Lipinski definition) is 0. The van der Waals surface area contributed by atoms with Crippen LogP contribution in [0.3, 0.4) is 0 Å². The van der Waals surface area contributed by atoms with Crippen molar-refractivity contribution < 1.29 is 19.8 Å². The maximum atomic E-state index is 0. The molecule has 0 radical (unpaired) electrons. The molecule has 0 rings (SSSR count). The van der Waals surface area contributed by atoms with Gasteiger partial charge in [-0.25, -0.2) is 0 Å². The molecule has 5 heteroatoms. The van der Waals surface area contributed by atoms with E-state index in [4.69, 9.17) is 0 Å². The Kier molecular flexibility index (Phi) is 457. The molecule has 0 amide bonds. The van der Waals surface area contributed by atoms with E-state index in [2.05, 4.69) is 0 Å². The van der Waals surface area contributed by atoms with E-state index in [9.17, 15) is 0 Å². The Labute approximate surface area is 73.3 Å². The second kappa shape index (κ2) is 36.9. The van der Waals surface area contributed by atoms with E-state index in [0.29, 0.717) is 0 Å². The van der Waals surface area contributed by atoms with Crippen LogP contribution in [-0.2, 0) is 73.8 Å². The Morgan fingerprint density at radius 1 is 0.400 bits per heavy atom. The van der Waals surface area contributed by atoms with E-state index in [1.54, 1.807) is 0 Å². The smallest absolute Gasteiger partial charge is 2.00 e. The standard InChI is InChI=1S/Os.4S/q+8;4*-2. The second-order valence-corrected chi connectivity index (χ2v) is 0. The van der Waals surface area contributed by atoms with Crippen LogP contribution in [0.4, 0.5) is 0 Å². The molecular formula is OsS4. The van der Waals surface area contributed by atoms with Gasteiger partial charge in [0.15, 0.2) is 0 Å². The minimum absolute atomic E-state index is 0. The molecule has 0 aromatic rings. The van der Waals surface area contributed by atoms with Crippen molar-refractivity contribution in [3.05, 3.63) is 0 Å². The van der Waals surface area contributed by atoms with Gasteiger partial charge in [0.05, 0.1) is 0 Å². The van der Waals surface area contributed by atoms with Crippen molar-refractivity contribution in [3.8, 4) is 0 Å². The Morgan fingerprint density at radius 3 is 0.400 bits per heavy atom. The summed E-state index contributed by atoms with van der Waals surface area (Å²) in [5, 5.41) is 0. The third-order valence-electron chi connectivity index (χ3n) is 0. The Morgan fingerprint density at radius 2 is 0.400 bits per heavy atom. The summed E-state index contributed by atoms with van der Waals surface area (Å²) in [6, 6.07) is 0. The van der Waals surface area contributed by atoms with Crippen LogP contribution in [0.2, 0.25) is 0 Å². The molecule has 0 saturated heterocycles. The van der Waals surface area contributed by atoms with E-state index in [0.717, 1.165) is 0 Å². The van der Waals surface area contributed by atoms with E-state index in [1.807, 2.05) is 0 Å². The Balaban J connectivity index is 0. The molecule has 0 aromatic heterocycles. The molecule has 0 unspecified atom stereocenters. The van der Waals surface area contributed by atoms with Crippen molar-refractivity contribution in [3.63, 3.8) is 0 Å². The fourth-order valence-corrected chi connectivity index (χ4v) is 0. The van der Waals surface area contributed by atoms with E-state index in [-0.39, 0.29) is 73.8 Å². The van der Waals surface area contributed by atoms with Gasteiger partial charge in [0.25, 0.3) is 0 Å². The fourth-order valence-electron chi connectivity index (χ4n) is 0. The number of hydrogen-bond acceptors (Lipinski definition) is 0. The van der Waals surface area contributed by atoms with Crippen LogP contribution in [-0.4, -0.2) is 0 Å². The van der Waals surface area contributed by atoms with Gasteiger partial charge in [0, 0.05) is 0 Å². The first-order chi connectivity index (χ1) is 0. The van der Waals surface area contributed by atoms with E-state index < -0.39 is 0 Å². The summed E-state index contributed by atoms with van der Waals surface area (Å²) in [5.74, 6) is 0. The molecule has 0 heterocycles. The van der Waals surface area contributed by atoms with Crippen LogP contribution in [0, 0.1) is 0 Å². The predicted molar refractivity (Wildman–Crippen MR) is 29.5 cm³/mol. The summed E-state index contributed by atoms with van der Waals surface area (Å²) < 4.78 is 0. The van der Waals surface area contributed by atoms with Crippen molar-refractivity contribution in [1.82, 2.24) is 0 Å². The molecule has 0 saturated carbocycles. The third-order valence-corrected chi connectivity index (χ3v) is 0. The van der Waals surface area contributed by atoms with Crippen molar-refractivity contribution in [2.24, 2.45) is 0 Å². The van der Waals surface area contributed by atoms with Gasteiger partial charge < -0.3 is 54.0 Å². The van der Waals surface area contributed by atoms with Gasteiger partial charge in [0.2, 0.25) is 0 Å². The SMILES string of the molecule is [Os+8].[S-2].[S-2].[S-2].[S-2]. The van der Waals surface area contributed by atoms with Crippen LogP contribution < -0.4 is 0 Å². The molecule has 0 fully saturated rings. The normalized spacial score (nSPS) is 0. The summed E-state index contributed by atoms with van der Waals surface area (Å²) in [7, 11) is 0. The van der Waals surface area contributed by atoms with Gasteiger partial charge in [-0.15, -0.1) is 0 Å². The minimum Gasteiger partial charge on any atom is -2.00 e. The Hall–Kier alpha value is 2.04. The van der Waals surface area contributed by atoms with Gasteiger partial charge in [-0.05, 0) is 0 Å². The quantitative estimate of drug-likeness (QED) is 0.589. The maximum absolute atomic E-state index is 0. The maximum Gasteiger partial charge on any atom is 8.00 e. The monoisotopic (exact) mass is 320 g/mol. The van der Waals surface area contributed by atoms with Crippen molar-refractivity contribution in [2.45, 2.75) is 0 Å². The van der Waals surface area contributed by atoms with Gasteiger partial charge in [0.1, 0.15) is 0 Å². The summed E-state index contributed by atoms with van der Waals surface area (Å²) in [4.78, 5) is 0. The van der Waals surface area contributed by atoms with Crippen molar-refractivity contribution in [2.75, 3.05) is 0 Å². The zero-order valence-electron chi connectivity index (χ0n) is 1.99. The molecule has 0 aliphatic heterocycles. The zero-order chi connectivity index (χ0) is 0. The molecule has 5 heavy (non-hydrogen) atoms. The number of rotatable bonds is 0. The topological polar surface area (TPSA) is 0 Å². The molecule has 0 nitrogen and oxygen atoms in total.